The number of carbonyl (C=O) groups is 4. The normalized spacial score (nSPS) is 18.9. The van der Waals surface area contributed by atoms with E-state index in [9.17, 15) is 23.7 Å². The summed E-state index contributed by atoms with van der Waals surface area (Å²) in [5.74, 6) is -1.49. The molecule has 0 saturated carbocycles. The molecule has 2 unspecified atom stereocenters. The Labute approximate surface area is 183 Å². The molecule has 0 radical (unpaired) electrons. The van der Waals surface area contributed by atoms with E-state index in [0.717, 1.165) is 32.7 Å². The van der Waals surface area contributed by atoms with Gasteiger partial charge >= 0.3 is 6.09 Å². The van der Waals surface area contributed by atoms with Gasteiger partial charge in [-0.2, -0.15) is 5.54 Å². The van der Waals surface area contributed by atoms with E-state index >= 15 is 0 Å². The van der Waals surface area contributed by atoms with Crippen molar-refractivity contribution in [2.24, 2.45) is 5.92 Å². The van der Waals surface area contributed by atoms with Gasteiger partial charge in [-0.05, 0) is 34.4 Å². The third kappa shape index (κ3) is 4.05. The number of ether oxygens (including phenoxy) is 1. The SMILES string of the molecule is CC1CC(=O)N(CCC(=O)Nc2ccc3c(c2)C(COC(=O)NF)c2ccccc2-3)C1=O. The zero-order valence-electron chi connectivity index (χ0n) is 17.4. The fourth-order valence-electron chi connectivity index (χ4n) is 4.27. The molecule has 9 heteroatoms. The van der Waals surface area contributed by atoms with Gasteiger partial charge in [-0.1, -0.05) is 41.7 Å². The number of imide groups is 1. The first kappa shape index (κ1) is 21.5. The zero-order valence-corrected chi connectivity index (χ0v) is 17.4. The van der Waals surface area contributed by atoms with Crippen molar-refractivity contribution in [2.45, 2.75) is 25.7 Å². The molecule has 0 bridgehead atoms. The van der Waals surface area contributed by atoms with Gasteiger partial charge in [0.25, 0.3) is 0 Å². The molecule has 32 heavy (non-hydrogen) atoms. The third-order valence-electron chi connectivity index (χ3n) is 5.83. The van der Waals surface area contributed by atoms with Gasteiger partial charge in [0.2, 0.25) is 17.7 Å². The highest BCUT2D eigenvalue weighted by molar-refractivity contribution is 6.03. The van der Waals surface area contributed by atoms with Crippen LogP contribution < -0.4 is 10.9 Å². The van der Waals surface area contributed by atoms with Crippen LogP contribution in [0.15, 0.2) is 42.5 Å². The smallest absolute Gasteiger partial charge is 0.435 e. The Kier molecular flexibility index (Phi) is 5.89. The minimum atomic E-state index is -1.17. The first-order chi connectivity index (χ1) is 15.4. The zero-order chi connectivity index (χ0) is 22.8. The quantitative estimate of drug-likeness (QED) is 0.532. The molecule has 2 aliphatic rings. The van der Waals surface area contributed by atoms with Crippen LogP contribution in [-0.4, -0.2) is 41.9 Å². The molecular formula is C23H22FN3O5. The number of amides is 4. The van der Waals surface area contributed by atoms with Crippen LogP contribution in [0.1, 0.15) is 36.8 Å². The van der Waals surface area contributed by atoms with Crippen molar-refractivity contribution in [2.75, 3.05) is 18.5 Å². The van der Waals surface area contributed by atoms with Crippen molar-refractivity contribution in [3.63, 3.8) is 0 Å². The summed E-state index contributed by atoms with van der Waals surface area (Å²) >= 11 is 0. The number of anilines is 1. The fourth-order valence-corrected chi connectivity index (χ4v) is 4.27. The Morgan fingerprint density at radius 1 is 1.12 bits per heavy atom. The Bertz CT molecular complexity index is 1100. The van der Waals surface area contributed by atoms with Crippen LogP contribution in [0.25, 0.3) is 11.1 Å². The molecule has 1 saturated heterocycles. The summed E-state index contributed by atoms with van der Waals surface area (Å²) in [5, 5.41) is 2.79. The molecule has 166 valence electrons. The molecule has 2 aromatic rings. The lowest BCUT2D eigenvalue weighted by molar-refractivity contribution is -0.139. The van der Waals surface area contributed by atoms with Gasteiger partial charge in [-0.15, -0.1) is 0 Å². The molecule has 1 aliphatic carbocycles. The van der Waals surface area contributed by atoms with E-state index in [0.29, 0.717) is 5.69 Å². The molecule has 2 atom stereocenters. The molecular weight excluding hydrogens is 417 g/mol. The maximum atomic E-state index is 12.4. The largest absolute Gasteiger partial charge is 0.447 e. The van der Waals surface area contributed by atoms with E-state index in [1.165, 1.54) is 0 Å². The van der Waals surface area contributed by atoms with Crippen LogP contribution in [0.5, 0.6) is 0 Å². The molecule has 1 heterocycles. The molecule has 0 spiro atoms. The van der Waals surface area contributed by atoms with Crippen molar-refractivity contribution in [1.29, 1.82) is 0 Å². The maximum absolute atomic E-state index is 12.4. The maximum Gasteiger partial charge on any atom is 0.435 e. The molecule has 2 N–H and O–H groups in total. The Balaban J connectivity index is 1.47. The second kappa shape index (κ2) is 8.78. The van der Waals surface area contributed by atoms with Crippen molar-refractivity contribution in [3.05, 3.63) is 53.6 Å². The Hall–Kier alpha value is -3.75. The number of nitrogens with one attached hydrogen (secondary N) is 2. The van der Waals surface area contributed by atoms with Crippen molar-refractivity contribution >= 4 is 29.5 Å². The van der Waals surface area contributed by atoms with E-state index in [-0.39, 0.29) is 55.6 Å². The van der Waals surface area contributed by atoms with Crippen molar-refractivity contribution in [1.82, 2.24) is 10.4 Å². The van der Waals surface area contributed by atoms with Gasteiger partial charge in [-0.25, -0.2) is 4.79 Å². The summed E-state index contributed by atoms with van der Waals surface area (Å²) in [6.45, 7) is 1.67. The predicted molar refractivity (Wildman–Crippen MR) is 113 cm³/mol. The molecule has 1 aliphatic heterocycles. The van der Waals surface area contributed by atoms with Crippen LogP contribution in [-0.2, 0) is 19.1 Å². The molecule has 8 nitrogen and oxygen atoms in total. The summed E-state index contributed by atoms with van der Waals surface area (Å²) in [6, 6.07) is 13.1. The molecule has 1 fully saturated rings. The van der Waals surface area contributed by atoms with Gasteiger partial charge in [0, 0.05) is 36.9 Å². The van der Waals surface area contributed by atoms with Crippen molar-refractivity contribution in [3.8, 4) is 11.1 Å². The Morgan fingerprint density at radius 3 is 2.59 bits per heavy atom. The topological polar surface area (TPSA) is 105 Å². The number of benzene rings is 2. The summed E-state index contributed by atoms with van der Waals surface area (Å²) in [5.41, 5.74) is 5.19. The number of rotatable bonds is 6. The minimum Gasteiger partial charge on any atom is -0.447 e. The number of fused-ring (bicyclic) bond motifs is 3. The molecule has 4 rings (SSSR count). The molecule has 4 amide bonds. The number of hydrogen-bond acceptors (Lipinski definition) is 5. The summed E-state index contributed by atoms with van der Waals surface area (Å²) in [7, 11) is 0. The average Bonchev–Trinajstić information content (AvgIpc) is 3.22. The first-order valence-corrected chi connectivity index (χ1v) is 10.3. The number of halogens is 1. The number of hydrogen-bond donors (Lipinski definition) is 2. The second-order valence-corrected chi connectivity index (χ2v) is 7.92. The van der Waals surface area contributed by atoms with Gasteiger partial charge in [0.15, 0.2) is 0 Å². The Morgan fingerprint density at radius 2 is 1.88 bits per heavy atom. The molecule has 0 aromatic heterocycles. The van der Waals surface area contributed by atoms with Crippen LogP contribution in [0.2, 0.25) is 0 Å². The fraction of sp³-hybridized carbons (Fsp3) is 0.304. The summed E-state index contributed by atoms with van der Waals surface area (Å²) in [4.78, 5) is 48.7. The van der Waals surface area contributed by atoms with E-state index < -0.39 is 6.09 Å². The average molecular weight is 439 g/mol. The number of nitrogens with zero attached hydrogens (tertiary/aromatic N) is 1. The lowest BCUT2D eigenvalue weighted by Gasteiger charge is -2.16. The first-order valence-electron chi connectivity index (χ1n) is 10.3. The predicted octanol–water partition coefficient (Wildman–Crippen LogP) is 3.13. The summed E-state index contributed by atoms with van der Waals surface area (Å²) in [6.07, 6.45) is -0.999. The summed E-state index contributed by atoms with van der Waals surface area (Å²) < 4.78 is 17.2. The highest BCUT2D eigenvalue weighted by atomic mass is 19.2. The monoisotopic (exact) mass is 439 g/mol. The van der Waals surface area contributed by atoms with E-state index in [4.69, 9.17) is 4.74 Å². The van der Waals surface area contributed by atoms with Gasteiger partial charge < -0.3 is 10.1 Å². The van der Waals surface area contributed by atoms with Crippen LogP contribution in [0, 0.1) is 5.92 Å². The van der Waals surface area contributed by atoms with Gasteiger partial charge in [-0.3, -0.25) is 19.3 Å². The van der Waals surface area contributed by atoms with Gasteiger partial charge in [0.05, 0.1) is 0 Å². The standard InChI is InChI=1S/C23H22FN3O5/c1-13-10-21(29)27(22(13)30)9-8-20(28)25-14-6-7-17-15-4-2-3-5-16(15)19(18(17)11-14)12-32-23(31)26-24/h2-7,11,13,19H,8-10,12H2,1H3,(H,25,28)(H,26,31). The van der Waals surface area contributed by atoms with E-state index in [2.05, 4.69) is 5.32 Å². The van der Waals surface area contributed by atoms with E-state index in [1.807, 2.05) is 30.3 Å². The van der Waals surface area contributed by atoms with Crippen LogP contribution in [0.3, 0.4) is 0 Å². The van der Waals surface area contributed by atoms with Crippen LogP contribution in [0.4, 0.5) is 15.0 Å². The molecule has 2 aromatic carbocycles. The van der Waals surface area contributed by atoms with Crippen LogP contribution >= 0.6 is 0 Å². The lowest BCUT2D eigenvalue weighted by Crippen LogP contribution is -2.33. The highest BCUT2D eigenvalue weighted by Crippen LogP contribution is 2.45. The highest BCUT2D eigenvalue weighted by Gasteiger charge is 2.35. The van der Waals surface area contributed by atoms with Crippen molar-refractivity contribution < 1.29 is 28.4 Å². The lowest BCUT2D eigenvalue weighted by atomic mass is 9.97. The van der Waals surface area contributed by atoms with Gasteiger partial charge in [0.1, 0.15) is 6.61 Å². The van der Waals surface area contributed by atoms with E-state index in [1.54, 1.807) is 19.1 Å². The number of likely N-dealkylation sites (tertiary alicyclic amines) is 1. The third-order valence-corrected chi connectivity index (χ3v) is 5.83. The number of carbonyl (C=O) groups excluding carboxylic acids is 4. The second-order valence-electron chi connectivity index (χ2n) is 7.92. The minimum absolute atomic E-state index is 0.00921.